The maximum atomic E-state index is 14.7. The number of hydrogen-bond donors (Lipinski definition) is 2. The van der Waals surface area contributed by atoms with E-state index < -0.39 is 35.5 Å². The summed E-state index contributed by atoms with van der Waals surface area (Å²) in [6.07, 6.45) is 2.26. The summed E-state index contributed by atoms with van der Waals surface area (Å²) >= 11 is 6.07. The van der Waals surface area contributed by atoms with Gasteiger partial charge in [0.2, 0.25) is 11.8 Å². The van der Waals surface area contributed by atoms with Gasteiger partial charge in [-0.2, -0.15) is 0 Å². The zero-order chi connectivity index (χ0) is 33.0. The van der Waals surface area contributed by atoms with E-state index in [-0.39, 0.29) is 29.8 Å². The fraction of sp³-hybridized carbons (Fsp3) is 0.237. The Labute approximate surface area is 274 Å². The highest BCUT2D eigenvalue weighted by molar-refractivity contribution is 6.31. The second kappa shape index (κ2) is 14.1. The molecule has 0 saturated heterocycles. The van der Waals surface area contributed by atoms with Gasteiger partial charge in [-0.1, -0.05) is 98.3 Å². The quantitative estimate of drug-likeness (QED) is 0.164. The van der Waals surface area contributed by atoms with Gasteiger partial charge in [0, 0.05) is 5.56 Å². The van der Waals surface area contributed by atoms with Crippen LogP contribution in [0.15, 0.2) is 104 Å². The van der Waals surface area contributed by atoms with Crippen molar-refractivity contribution in [1.29, 1.82) is 0 Å². The molecular formula is C38H37ClFN3O3. The number of amides is 3. The zero-order valence-electron chi connectivity index (χ0n) is 25.9. The van der Waals surface area contributed by atoms with Crippen LogP contribution in [0.4, 0.5) is 10.1 Å². The molecule has 4 aromatic carbocycles. The first kappa shape index (κ1) is 32.6. The van der Waals surface area contributed by atoms with Crippen LogP contribution in [-0.2, 0) is 20.9 Å². The van der Waals surface area contributed by atoms with Crippen LogP contribution in [0.2, 0.25) is 5.02 Å². The van der Waals surface area contributed by atoms with Gasteiger partial charge in [-0.3, -0.25) is 14.4 Å². The van der Waals surface area contributed by atoms with E-state index in [0.717, 1.165) is 27.8 Å². The Morgan fingerprint density at radius 1 is 0.957 bits per heavy atom. The molecule has 6 nitrogen and oxygen atoms in total. The van der Waals surface area contributed by atoms with Crippen molar-refractivity contribution < 1.29 is 18.8 Å². The number of nitrogens with zero attached hydrogens (tertiary/aromatic N) is 1. The molecule has 5 rings (SSSR count). The van der Waals surface area contributed by atoms with Gasteiger partial charge in [0.05, 0.1) is 29.1 Å². The van der Waals surface area contributed by atoms with Gasteiger partial charge >= 0.3 is 0 Å². The van der Waals surface area contributed by atoms with Crippen LogP contribution in [0.3, 0.4) is 0 Å². The second-order valence-corrected chi connectivity index (χ2v) is 12.5. The van der Waals surface area contributed by atoms with Crippen molar-refractivity contribution in [2.24, 2.45) is 23.5 Å². The Morgan fingerprint density at radius 2 is 1.65 bits per heavy atom. The molecule has 0 spiro atoms. The highest BCUT2D eigenvalue weighted by Gasteiger charge is 2.38. The van der Waals surface area contributed by atoms with Crippen molar-refractivity contribution in [3.05, 3.63) is 126 Å². The molecule has 0 saturated carbocycles. The molecular weight excluding hydrogens is 601 g/mol. The number of para-hydroxylation sites is 1. The molecule has 0 aliphatic carbocycles. The normalized spacial score (nSPS) is 15.4. The highest BCUT2D eigenvalue weighted by Crippen LogP contribution is 2.41. The number of carbonyl (C=O) groups is 3. The number of anilines is 1. The van der Waals surface area contributed by atoms with E-state index in [1.807, 2.05) is 86.6 Å². The van der Waals surface area contributed by atoms with E-state index in [1.54, 1.807) is 23.1 Å². The summed E-state index contributed by atoms with van der Waals surface area (Å²) in [5, 5.41) is 3.07. The molecule has 0 aromatic heterocycles. The number of fused-ring (bicyclic) bond motifs is 3. The lowest BCUT2D eigenvalue weighted by Crippen LogP contribution is -2.47. The average Bonchev–Trinajstić information content (AvgIpc) is 3.13. The van der Waals surface area contributed by atoms with Gasteiger partial charge in [0.1, 0.15) is 11.9 Å². The van der Waals surface area contributed by atoms with Crippen LogP contribution < -0.4 is 16.0 Å². The van der Waals surface area contributed by atoms with Crippen LogP contribution in [0, 0.1) is 23.6 Å². The predicted octanol–water partition coefficient (Wildman–Crippen LogP) is 7.86. The SMILES string of the molecule is C=CCC(C(N)=O)C(CC(C)C)C(=O)NC1C(=O)N(Cc2cccc(-c3ccc(F)c(Cl)c3)c2)c2ccccc2-c2ccccc21. The molecule has 8 heteroatoms. The van der Waals surface area contributed by atoms with Gasteiger partial charge in [0.25, 0.3) is 5.91 Å². The van der Waals surface area contributed by atoms with Crippen molar-refractivity contribution in [1.82, 2.24) is 5.32 Å². The summed E-state index contributed by atoms with van der Waals surface area (Å²) in [4.78, 5) is 42.9. The maximum Gasteiger partial charge on any atom is 0.254 e. The number of halogens is 2. The first-order valence-corrected chi connectivity index (χ1v) is 15.7. The molecule has 0 fully saturated rings. The van der Waals surface area contributed by atoms with Crippen molar-refractivity contribution >= 4 is 35.0 Å². The van der Waals surface area contributed by atoms with Crippen molar-refractivity contribution in [3.8, 4) is 22.3 Å². The summed E-state index contributed by atoms with van der Waals surface area (Å²) in [6, 6.07) is 26.4. The molecule has 46 heavy (non-hydrogen) atoms. The van der Waals surface area contributed by atoms with Crippen LogP contribution >= 0.6 is 11.6 Å². The summed E-state index contributed by atoms with van der Waals surface area (Å²) in [7, 11) is 0. The lowest BCUT2D eigenvalue weighted by atomic mass is 9.82. The van der Waals surface area contributed by atoms with Crippen LogP contribution in [0.25, 0.3) is 22.3 Å². The third kappa shape index (κ3) is 6.90. The number of carbonyl (C=O) groups excluding carboxylic acids is 3. The first-order valence-electron chi connectivity index (χ1n) is 15.3. The Hall–Kier alpha value is -4.75. The monoisotopic (exact) mass is 637 g/mol. The van der Waals surface area contributed by atoms with E-state index in [0.29, 0.717) is 17.7 Å². The summed E-state index contributed by atoms with van der Waals surface area (Å²) < 4.78 is 13.9. The lowest BCUT2D eigenvalue weighted by Gasteiger charge is -2.30. The number of hydrogen-bond acceptors (Lipinski definition) is 3. The van der Waals surface area contributed by atoms with E-state index >= 15 is 0 Å². The van der Waals surface area contributed by atoms with E-state index in [4.69, 9.17) is 17.3 Å². The number of nitrogens with two attached hydrogens (primary N) is 1. The maximum absolute atomic E-state index is 14.7. The van der Waals surface area contributed by atoms with Crippen molar-refractivity contribution in [2.45, 2.75) is 39.3 Å². The van der Waals surface area contributed by atoms with Crippen LogP contribution in [0.1, 0.15) is 43.9 Å². The van der Waals surface area contributed by atoms with Gasteiger partial charge in [-0.15, -0.1) is 6.58 Å². The van der Waals surface area contributed by atoms with Gasteiger partial charge in [-0.05, 0) is 70.8 Å². The topological polar surface area (TPSA) is 92.5 Å². The molecule has 4 aromatic rings. The summed E-state index contributed by atoms with van der Waals surface area (Å²) in [5.74, 6) is -3.20. The minimum absolute atomic E-state index is 0.0262. The molecule has 1 aliphatic heterocycles. The van der Waals surface area contributed by atoms with Gasteiger partial charge in [-0.25, -0.2) is 4.39 Å². The molecule has 1 heterocycles. The van der Waals surface area contributed by atoms with Crippen LogP contribution in [0.5, 0.6) is 0 Å². The third-order valence-electron chi connectivity index (χ3n) is 8.41. The number of benzene rings is 4. The van der Waals surface area contributed by atoms with Gasteiger partial charge in [0.15, 0.2) is 0 Å². The highest BCUT2D eigenvalue weighted by atomic mass is 35.5. The average molecular weight is 638 g/mol. The molecule has 236 valence electrons. The molecule has 3 unspecified atom stereocenters. The molecule has 0 bridgehead atoms. The molecule has 3 amide bonds. The van der Waals surface area contributed by atoms with Crippen LogP contribution in [-0.4, -0.2) is 17.7 Å². The number of nitrogens with one attached hydrogen (secondary N) is 1. The summed E-state index contributed by atoms with van der Waals surface area (Å²) in [6.45, 7) is 7.91. The number of rotatable bonds is 11. The molecule has 3 N–H and O–H groups in total. The minimum Gasteiger partial charge on any atom is -0.369 e. The molecule has 3 atom stereocenters. The smallest absolute Gasteiger partial charge is 0.254 e. The molecule has 1 aliphatic rings. The van der Waals surface area contributed by atoms with Crippen molar-refractivity contribution in [3.63, 3.8) is 0 Å². The Kier molecular flexibility index (Phi) is 10.0. The largest absolute Gasteiger partial charge is 0.369 e. The minimum atomic E-state index is -1.03. The molecule has 0 radical (unpaired) electrons. The lowest BCUT2D eigenvalue weighted by molar-refractivity contribution is -0.135. The Balaban J connectivity index is 1.56. The fourth-order valence-corrected chi connectivity index (χ4v) is 6.40. The van der Waals surface area contributed by atoms with E-state index in [2.05, 4.69) is 11.9 Å². The Morgan fingerprint density at radius 3 is 2.35 bits per heavy atom. The predicted molar refractivity (Wildman–Crippen MR) is 181 cm³/mol. The summed E-state index contributed by atoms with van der Waals surface area (Å²) in [5.41, 5.74) is 11.2. The zero-order valence-corrected chi connectivity index (χ0v) is 26.6. The van der Waals surface area contributed by atoms with E-state index in [1.165, 1.54) is 6.07 Å². The third-order valence-corrected chi connectivity index (χ3v) is 8.70. The van der Waals surface area contributed by atoms with Crippen molar-refractivity contribution in [2.75, 3.05) is 4.90 Å². The second-order valence-electron chi connectivity index (χ2n) is 12.1. The van der Waals surface area contributed by atoms with Gasteiger partial charge < -0.3 is 16.0 Å². The number of primary amides is 1. The Bertz CT molecular complexity index is 1790. The standard InChI is InChI=1S/C38H37ClFN3O3/c1-4-10-30(36(41)44)31(19-23(2)3)37(45)42-35-29-15-6-5-13-27(29)28-14-7-8-16-34(28)43(38(35)46)22-24-11-9-12-25(20-24)26-17-18-33(40)32(39)21-26/h4-9,11-18,20-21,23,30-31,35H,1,10,19,22H2,2-3H3,(H2,41,44)(H,42,45). The number of allylic oxidation sites excluding steroid dienone is 1. The fourth-order valence-electron chi connectivity index (χ4n) is 6.22. The van der Waals surface area contributed by atoms with E-state index in [9.17, 15) is 18.8 Å². The first-order chi connectivity index (χ1) is 22.1.